The average Bonchev–Trinajstić information content (AvgIpc) is 2.13. The van der Waals surface area contributed by atoms with Crippen molar-refractivity contribution in [1.82, 2.24) is 5.32 Å². The summed E-state index contributed by atoms with van der Waals surface area (Å²) in [7, 11) is 0. The first-order valence-electron chi connectivity index (χ1n) is 4.43. The first-order valence-corrected chi connectivity index (χ1v) is 5.06. The Kier molecular flexibility index (Phi) is 5.79. The highest BCUT2D eigenvalue weighted by atomic mass is 32.1. The van der Waals surface area contributed by atoms with Crippen molar-refractivity contribution in [3.8, 4) is 12.3 Å². The molecule has 0 rings (SSSR count). The quantitative estimate of drug-likeness (QED) is 0.181. The Hall–Kier alpha value is -1.22. The Morgan fingerprint density at radius 2 is 2.33 bits per heavy atom. The van der Waals surface area contributed by atoms with Gasteiger partial charge in [-0.3, -0.25) is 15.1 Å². The Morgan fingerprint density at radius 3 is 2.73 bits per heavy atom. The summed E-state index contributed by atoms with van der Waals surface area (Å²) < 4.78 is 0. The lowest BCUT2D eigenvalue weighted by Gasteiger charge is -2.20. The molecule has 0 aromatic heterocycles. The third-order valence-corrected chi connectivity index (χ3v) is 1.70. The molecule has 0 atom stereocenters. The van der Waals surface area contributed by atoms with Gasteiger partial charge in [0.2, 0.25) is 0 Å². The van der Waals surface area contributed by atoms with E-state index in [4.69, 9.17) is 6.42 Å². The average molecular weight is 229 g/mol. The normalized spacial score (nSPS) is 12.0. The lowest BCUT2D eigenvalue weighted by Crippen LogP contribution is -2.45. The van der Waals surface area contributed by atoms with Crippen molar-refractivity contribution in [3.05, 3.63) is 10.1 Å². The summed E-state index contributed by atoms with van der Waals surface area (Å²) in [5, 5.41) is 13.2. The molecule has 15 heavy (non-hydrogen) atoms. The second kappa shape index (κ2) is 6.30. The van der Waals surface area contributed by atoms with E-state index >= 15 is 0 Å². The minimum absolute atomic E-state index is 0.289. The second-order valence-corrected chi connectivity index (χ2v) is 3.88. The standard InChI is InChI=1S/C9H15N3O2S/c1-4-9(2,3)11-8(7-12(13)14)10-5-6-15/h1,15H,5-7H2,2-3H3,(H,10,11). The molecule has 84 valence electrons. The van der Waals surface area contributed by atoms with Gasteiger partial charge >= 0.3 is 0 Å². The molecule has 0 aliphatic carbocycles. The van der Waals surface area contributed by atoms with Gasteiger partial charge in [-0.15, -0.1) is 6.42 Å². The fourth-order valence-corrected chi connectivity index (χ4v) is 0.933. The van der Waals surface area contributed by atoms with Crippen LogP contribution in [0.5, 0.6) is 0 Å². The van der Waals surface area contributed by atoms with Crippen molar-refractivity contribution in [2.75, 3.05) is 18.8 Å². The number of terminal acetylenes is 1. The summed E-state index contributed by atoms with van der Waals surface area (Å²) in [4.78, 5) is 13.9. The van der Waals surface area contributed by atoms with E-state index < -0.39 is 10.5 Å². The molecular formula is C9H15N3O2S. The highest BCUT2D eigenvalue weighted by molar-refractivity contribution is 7.80. The Labute approximate surface area is 94.9 Å². The van der Waals surface area contributed by atoms with Crippen LogP contribution in [-0.4, -0.2) is 35.1 Å². The molecule has 0 heterocycles. The van der Waals surface area contributed by atoms with Crippen LogP contribution >= 0.6 is 12.6 Å². The van der Waals surface area contributed by atoms with Gasteiger partial charge in [0.15, 0.2) is 5.84 Å². The van der Waals surface area contributed by atoms with Crippen LogP contribution < -0.4 is 5.32 Å². The molecule has 0 fully saturated rings. The maximum atomic E-state index is 10.4. The van der Waals surface area contributed by atoms with Crippen LogP contribution in [0.4, 0.5) is 0 Å². The van der Waals surface area contributed by atoms with Crippen molar-refractivity contribution >= 4 is 18.5 Å². The van der Waals surface area contributed by atoms with Gasteiger partial charge in [0.05, 0.1) is 5.54 Å². The molecule has 0 unspecified atom stereocenters. The first kappa shape index (κ1) is 13.8. The summed E-state index contributed by atoms with van der Waals surface area (Å²) in [5.74, 6) is 3.32. The summed E-state index contributed by atoms with van der Waals surface area (Å²) in [5.41, 5.74) is -0.633. The van der Waals surface area contributed by atoms with Gasteiger partial charge in [-0.05, 0) is 13.8 Å². The molecule has 0 bridgehead atoms. The van der Waals surface area contributed by atoms with Crippen LogP contribution in [0, 0.1) is 22.5 Å². The summed E-state index contributed by atoms with van der Waals surface area (Å²) in [6.45, 7) is 3.59. The van der Waals surface area contributed by atoms with Gasteiger partial charge in [0, 0.05) is 17.2 Å². The Bertz CT molecular complexity index is 294. The molecule has 0 saturated carbocycles. The van der Waals surface area contributed by atoms with Crippen LogP contribution in [0.2, 0.25) is 0 Å². The minimum Gasteiger partial charge on any atom is -0.353 e. The zero-order chi connectivity index (χ0) is 11.9. The van der Waals surface area contributed by atoms with Crippen LogP contribution in [-0.2, 0) is 0 Å². The summed E-state index contributed by atoms with van der Waals surface area (Å²) in [6, 6.07) is 0. The van der Waals surface area contributed by atoms with Gasteiger partial charge in [-0.25, -0.2) is 0 Å². The molecule has 0 aromatic carbocycles. The third-order valence-electron chi connectivity index (χ3n) is 1.50. The summed E-state index contributed by atoms with van der Waals surface area (Å²) in [6.07, 6.45) is 5.26. The van der Waals surface area contributed by atoms with E-state index in [1.807, 2.05) is 0 Å². The molecule has 0 aliphatic rings. The number of nitrogens with zero attached hydrogens (tertiary/aromatic N) is 2. The molecular weight excluding hydrogens is 214 g/mol. The Morgan fingerprint density at radius 1 is 1.73 bits per heavy atom. The molecule has 0 saturated heterocycles. The van der Waals surface area contributed by atoms with E-state index in [1.54, 1.807) is 13.8 Å². The van der Waals surface area contributed by atoms with Gasteiger partial charge in [-0.2, -0.15) is 12.6 Å². The van der Waals surface area contributed by atoms with Gasteiger partial charge in [-0.1, -0.05) is 5.92 Å². The highest BCUT2D eigenvalue weighted by Crippen LogP contribution is 1.99. The highest BCUT2D eigenvalue weighted by Gasteiger charge is 2.18. The molecule has 6 heteroatoms. The van der Waals surface area contributed by atoms with Crippen LogP contribution in [0.25, 0.3) is 0 Å². The molecule has 0 radical (unpaired) electrons. The van der Waals surface area contributed by atoms with E-state index in [1.165, 1.54) is 0 Å². The number of nitrogens with one attached hydrogen (secondary N) is 1. The maximum absolute atomic E-state index is 10.4. The molecule has 0 aromatic rings. The van der Waals surface area contributed by atoms with E-state index in [-0.39, 0.29) is 12.4 Å². The minimum atomic E-state index is -0.633. The molecule has 0 spiro atoms. The van der Waals surface area contributed by atoms with Gasteiger partial charge in [0.25, 0.3) is 6.54 Å². The lowest BCUT2D eigenvalue weighted by atomic mass is 10.1. The first-order chi connectivity index (χ1) is 6.91. The van der Waals surface area contributed by atoms with Crippen LogP contribution in [0.15, 0.2) is 4.99 Å². The van der Waals surface area contributed by atoms with E-state index in [0.717, 1.165) is 0 Å². The van der Waals surface area contributed by atoms with Crippen molar-refractivity contribution in [2.24, 2.45) is 4.99 Å². The number of thiol groups is 1. The monoisotopic (exact) mass is 229 g/mol. The van der Waals surface area contributed by atoms with Crippen molar-refractivity contribution in [1.29, 1.82) is 0 Å². The van der Waals surface area contributed by atoms with Crippen LogP contribution in [0.1, 0.15) is 13.8 Å². The number of rotatable bonds is 5. The maximum Gasteiger partial charge on any atom is 0.259 e. The fourth-order valence-electron chi connectivity index (χ4n) is 0.833. The third kappa shape index (κ3) is 6.80. The zero-order valence-corrected chi connectivity index (χ0v) is 9.75. The smallest absolute Gasteiger partial charge is 0.259 e. The number of aliphatic imine (C=N–C) groups is 1. The van der Waals surface area contributed by atoms with Gasteiger partial charge in [0.1, 0.15) is 0 Å². The lowest BCUT2D eigenvalue weighted by molar-refractivity contribution is -0.463. The van der Waals surface area contributed by atoms with E-state index in [9.17, 15) is 10.1 Å². The molecule has 1 N–H and O–H groups in total. The predicted molar refractivity (Wildman–Crippen MR) is 64.1 cm³/mol. The van der Waals surface area contributed by atoms with Crippen molar-refractivity contribution < 1.29 is 4.92 Å². The number of nitro groups is 1. The van der Waals surface area contributed by atoms with Gasteiger partial charge < -0.3 is 5.32 Å². The number of hydrogen-bond donors (Lipinski definition) is 2. The molecule has 0 aliphatic heterocycles. The van der Waals surface area contributed by atoms with Crippen molar-refractivity contribution in [3.63, 3.8) is 0 Å². The SMILES string of the molecule is C#CC(C)(C)NC(C[N+](=O)[O-])=NCCS. The van der Waals surface area contributed by atoms with E-state index in [2.05, 4.69) is 28.9 Å². The predicted octanol–water partition coefficient (Wildman–Crippen LogP) is 0.593. The second-order valence-electron chi connectivity index (χ2n) is 3.44. The Balaban J connectivity index is 4.52. The molecule has 0 amide bonds. The molecule has 5 nitrogen and oxygen atoms in total. The number of hydrogen-bond acceptors (Lipinski definition) is 4. The number of amidine groups is 1. The zero-order valence-electron chi connectivity index (χ0n) is 8.86. The topological polar surface area (TPSA) is 67.5 Å². The fraction of sp³-hybridized carbons (Fsp3) is 0.667. The summed E-state index contributed by atoms with van der Waals surface area (Å²) >= 11 is 3.98. The van der Waals surface area contributed by atoms with Crippen LogP contribution in [0.3, 0.4) is 0 Å². The van der Waals surface area contributed by atoms with E-state index in [0.29, 0.717) is 12.3 Å². The van der Waals surface area contributed by atoms with Crippen molar-refractivity contribution in [2.45, 2.75) is 19.4 Å². The largest absolute Gasteiger partial charge is 0.353 e.